The summed E-state index contributed by atoms with van der Waals surface area (Å²) in [5.74, 6) is -0.258. The van der Waals surface area contributed by atoms with E-state index in [2.05, 4.69) is 10.6 Å². The van der Waals surface area contributed by atoms with E-state index < -0.39 is 0 Å². The second kappa shape index (κ2) is 6.77. The van der Waals surface area contributed by atoms with Gasteiger partial charge < -0.3 is 20.8 Å². The highest BCUT2D eigenvalue weighted by Crippen LogP contribution is 2.24. The van der Waals surface area contributed by atoms with Gasteiger partial charge >= 0.3 is 0 Å². The summed E-state index contributed by atoms with van der Waals surface area (Å²) in [6.07, 6.45) is 0. The van der Waals surface area contributed by atoms with Crippen molar-refractivity contribution in [1.29, 1.82) is 0 Å². The average Bonchev–Trinajstić information content (AvgIpc) is 2.47. The number of rotatable bonds is 4. The van der Waals surface area contributed by atoms with E-state index in [0.717, 1.165) is 11.1 Å². The molecule has 0 fully saturated rings. The molecule has 2 aromatic carbocycles. The van der Waals surface area contributed by atoms with Crippen molar-refractivity contribution >= 4 is 17.3 Å². The molecule has 0 saturated carbocycles. The normalized spacial score (nSPS) is 10.0. The molecule has 0 unspecified atom stereocenters. The summed E-state index contributed by atoms with van der Waals surface area (Å²) in [5.41, 5.74) is 1.99. The summed E-state index contributed by atoms with van der Waals surface area (Å²) < 4.78 is 0. The summed E-state index contributed by atoms with van der Waals surface area (Å²) in [6, 6.07) is 14.6. The van der Waals surface area contributed by atoms with Gasteiger partial charge in [0.2, 0.25) is 0 Å². The predicted molar refractivity (Wildman–Crippen MR) is 82.5 cm³/mol. The lowest BCUT2D eigenvalue weighted by atomic mass is 10.2. The van der Waals surface area contributed by atoms with Crippen LogP contribution in [-0.4, -0.2) is 15.3 Å². The molecule has 20 heavy (non-hydrogen) atoms. The maximum atomic E-state index is 9.39. The van der Waals surface area contributed by atoms with Crippen molar-refractivity contribution in [3.8, 4) is 11.5 Å². The first-order valence-electron chi connectivity index (χ1n) is 6.21. The van der Waals surface area contributed by atoms with Gasteiger partial charge in [0, 0.05) is 13.1 Å². The maximum absolute atomic E-state index is 9.39. The Kier molecular flexibility index (Phi) is 4.79. The van der Waals surface area contributed by atoms with Gasteiger partial charge in [-0.15, -0.1) is 0 Å². The van der Waals surface area contributed by atoms with Crippen molar-refractivity contribution in [3.63, 3.8) is 0 Å². The summed E-state index contributed by atoms with van der Waals surface area (Å²) in [4.78, 5) is 0. The molecule has 0 aromatic heterocycles. The van der Waals surface area contributed by atoms with E-state index in [4.69, 9.17) is 12.2 Å². The molecule has 0 aliphatic heterocycles. The van der Waals surface area contributed by atoms with E-state index in [1.165, 1.54) is 12.1 Å². The number of aromatic hydroxyl groups is 2. The molecule has 0 spiro atoms. The van der Waals surface area contributed by atoms with Crippen LogP contribution in [0.4, 0.5) is 0 Å². The van der Waals surface area contributed by atoms with Gasteiger partial charge in [-0.25, -0.2) is 0 Å². The molecule has 2 aromatic rings. The van der Waals surface area contributed by atoms with Crippen molar-refractivity contribution in [2.24, 2.45) is 0 Å². The highest BCUT2D eigenvalue weighted by molar-refractivity contribution is 7.80. The van der Waals surface area contributed by atoms with Crippen molar-refractivity contribution in [3.05, 3.63) is 59.7 Å². The number of phenolic OH excluding ortho intramolecular Hbond substituents is 2. The molecule has 0 aliphatic rings. The van der Waals surface area contributed by atoms with Crippen LogP contribution in [-0.2, 0) is 13.1 Å². The fourth-order valence-corrected chi connectivity index (χ4v) is 1.85. The van der Waals surface area contributed by atoms with Gasteiger partial charge in [0.05, 0.1) is 0 Å². The first kappa shape index (κ1) is 14.1. The molecule has 0 saturated heterocycles. The van der Waals surface area contributed by atoms with Crippen LogP contribution in [0, 0.1) is 0 Å². The number of nitrogens with one attached hydrogen (secondary N) is 2. The number of phenols is 2. The number of hydrogen-bond acceptors (Lipinski definition) is 3. The molecule has 2 rings (SSSR count). The largest absolute Gasteiger partial charge is 0.504 e. The summed E-state index contributed by atoms with van der Waals surface area (Å²) in [6.45, 7) is 1.14. The molecular weight excluding hydrogens is 272 g/mol. The third-order valence-corrected chi connectivity index (χ3v) is 3.08. The third kappa shape index (κ3) is 4.13. The highest BCUT2D eigenvalue weighted by Gasteiger charge is 2.01. The quantitative estimate of drug-likeness (QED) is 0.513. The number of hydrogen-bond donors (Lipinski definition) is 4. The third-order valence-electron chi connectivity index (χ3n) is 2.79. The van der Waals surface area contributed by atoms with Crippen LogP contribution in [0.25, 0.3) is 0 Å². The molecule has 0 bridgehead atoms. The van der Waals surface area contributed by atoms with Crippen LogP contribution >= 0.6 is 12.2 Å². The monoisotopic (exact) mass is 288 g/mol. The van der Waals surface area contributed by atoms with Gasteiger partial charge in [-0.3, -0.25) is 0 Å². The smallest absolute Gasteiger partial charge is 0.166 e. The minimum absolute atomic E-state index is 0.126. The zero-order valence-corrected chi connectivity index (χ0v) is 11.7. The molecule has 0 atom stereocenters. The van der Waals surface area contributed by atoms with Crippen molar-refractivity contribution in [2.45, 2.75) is 13.1 Å². The van der Waals surface area contributed by atoms with E-state index in [1.54, 1.807) is 6.07 Å². The van der Waals surface area contributed by atoms with Crippen LogP contribution < -0.4 is 10.6 Å². The van der Waals surface area contributed by atoms with E-state index in [1.807, 2.05) is 30.3 Å². The Balaban J connectivity index is 1.79. The molecule has 0 radical (unpaired) electrons. The van der Waals surface area contributed by atoms with Gasteiger partial charge in [-0.1, -0.05) is 36.4 Å². The minimum atomic E-state index is -0.132. The van der Waals surface area contributed by atoms with Crippen LogP contribution in [0.15, 0.2) is 48.5 Å². The Morgan fingerprint density at radius 3 is 2.15 bits per heavy atom. The van der Waals surface area contributed by atoms with Crippen molar-refractivity contribution < 1.29 is 10.2 Å². The Morgan fingerprint density at radius 1 is 0.850 bits per heavy atom. The molecule has 5 heteroatoms. The molecule has 4 nitrogen and oxygen atoms in total. The topological polar surface area (TPSA) is 64.5 Å². The summed E-state index contributed by atoms with van der Waals surface area (Å²) in [7, 11) is 0. The van der Waals surface area contributed by atoms with Crippen LogP contribution in [0.2, 0.25) is 0 Å². The predicted octanol–water partition coefficient (Wildman–Crippen LogP) is 2.26. The second-order valence-corrected chi connectivity index (χ2v) is 4.75. The zero-order chi connectivity index (χ0) is 14.4. The van der Waals surface area contributed by atoms with Crippen LogP contribution in [0.1, 0.15) is 11.1 Å². The minimum Gasteiger partial charge on any atom is -0.504 e. The van der Waals surface area contributed by atoms with E-state index in [9.17, 15) is 10.2 Å². The van der Waals surface area contributed by atoms with Crippen LogP contribution in [0.5, 0.6) is 11.5 Å². The van der Waals surface area contributed by atoms with Crippen molar-refractivity contribution in [2.75, 3.05) is 0 Å². The summed E-state index contributed by atoms with van der Waals surface area (Å²) in [5, 5.41) is 25.3. The molecular formula is C15H16N2O2S. The van der Waals surface area contributed by atoms with Gasteiger partial charge in [-0.2, -0.15) is 0 Å². The zero-order valence-electron chi connectivity index (χ0n) is 10.8. The van der Waals surface area contributed by atoms with E-state index in [-0.39, 0.29) is 11.5 Å². The van der Waals surface area contributed by atoms with Gasteiger partial charge in [-0.05, 0) is 35.5 Å². The molecule has 104 valence electrons. The molecule has 0 heterocycles. The number of benzene rings is 2. The lowest BCUT2D eigenvalue weighted by Gasteiger charge is -2.11. The van der Waals surface area contributed by atoms with Crippen molar-refractivity contribution in [1.82, 2.24) is 10.6 Å². The molecule has 4 N–H and O–H groups in total. The maximum Gasteiger partial charge on any atom is 0.166 e. The van der Waals surface area contributed by atoms with Gasteiger partial charge in [0.15, 0.2) is 16.6 Å². The Morgan fingerprint density at radius 2 is 1.50 bits per heavy atom. The lowest BCUT2D eigenvalue weighted by molar-refractivity contribution is 0.403. The summed E-state index contributed by atoms with van der Waals surface area (Å²) >= 11 is 5.18. The lowest BCUT2D eigenvalue weighted by Crippen LogP contribution is -2.34. The molecule has 0 aliphatic carbocycles. The Labute approximate surface area is 123 Å². The van der Waals surface area contributed by atoms with Gasteiger partial charge in [0.1, 0.15) is 0 Å². The van der Waals surface area contributed by atoms with E-state index >= 15 is 0 Å². The SMILES string of the molecule is Oc1ccc(CNC(=S)NCc2ccccc2)cc1O. The Hall–Kier alpha value is -2.27. The highest BCUT2D eigenvalue weighted by atomic mass is 32.1. The fraction of sp³-hybridized carbons (Fsp3) is 0.133. The standard InChI is InChI=1S/C15H16N2O2S/c18-13-7-6-12(8-14(13)19)10-17-15(20)16-9-11-4-2-1-3-5-11/h1-8,18-19H,9-10H2,(H2,16,17,20). The first-order chi connectivity index (χ1) is 9.65. The van der Waals surface area contributed by atoms with Gasteiger partial charge in [0.25, 0.3) is 0 Å². The molecule has 0 amide bonds. The average molecular weight is 288 g/mol. The number of thiocarbonyl (C=S) groups is 1. The van der Waals surface area contributed by atoms with E-state index in [0.29, 0.717) is 18.2 Å². The fourth-order valence-electron chi connectivity index (χ4n) is 1.70. The van der Waals surface area contributed by atoms with Crippen LogP contribution in [0.3, 0.4) is 0 Å². The Bertz CT molecular complexity index is 588. The first-order valence-corrected chi connectivity index (χ1v) is 6.62. The second-order valence-electron chi connectivity index (χ2n) is 4.34.